The van der Waals surface area contributed by atoms with Crippen LogP contribution < -0.4 is 0 Å². The van der Waals surface area contributed by atoms with Gasteiger partial charge in [0.2, 0.25) is 0 Å². The van der Waals surface area contributed by atoms with Crippen molar-refractivity contribution in [3.8, 4) is 0 Å². The zero-order chi connectivity index (χ0) is 51.6. The number of nitrogens with zero attached hydrogens (tertiary/aromatic N) is 1. The average molecular weight is 986 g/mol. The molecular formula is C42H67NO25. The number of aliphatic hydroxyl groups is 4. The van der Waals surface area contributed by atoms with E-state index < -0.39 is 200 Å². The van der Waals surface area contributed by atoms with Gasteiger partial charge in [-0.25, -0.2) is 0 Å². The van der Waals surface area contributed by atoms with E-state index in [1.54, 1.807) is 6.92 Å². The lowest BCUT2D eigenvalue weighted by molar-refractivity contribution is -0.171. The SMILES string of the molecule is CCOC(=O)CC(C)OC(=O)CCC(=O)OC(COCC(COC(=O)CC(C)O)OC(=O)CC(C)O)COC(=O)CCC(=O)OCC(COCC(COC(=O)CC(C)O)N=O)OC(=O)CC(C)O. The Morgan fingerprint density at radius 2 is 0.706 bits per heavy atom. The van der Waals surface area contributed by atoms with Gasteiger partial charge in [-0.05, 0) is 41.5 Å². The van der Waals surface area contributed by atoms with Gasteiger partial charge in [0, 0.05) is 0 Å². The molecule has 0 aliphatic rings. The molecule has 0 heterocycles. The van der Waals surface area contributed by atoms with Crippen molar-refractivity contribution in [2.75, 3.05) is 59.5 Å². The number of ether oxygens (including phenoxy) is 11. The summed E-state index contributed by atoms with van der Waals surface area (Å²) >= 11 is 0. The second-order valence-corrected chi connectivity index (χ2v) is 15.4. The molecule has 0 bridgehead atoms. The summed E-state index contributed by atoms with van der Waals surface area (Å²) < 4.78 is 56.9. The van der Waals surface area contributed by atoms with Crippen LogP contribution >= 0.6 is 0 Å². The molecule has 0 aromatic carbocycles. The molecule has 26 nitrogen and oxygen atoms in total. The first-order valence-electron chi connectivity index (χ1n) is 21.8. The van der Waals surface area contributed by atoms with E-state index in [1.807, 2.05) is 0 Å². The van der Waals surface area contributed by atoms with Crippen molar-refractivity contribution < 1.29 is 116 Å². The minimum Gasteiger partial charge on any atom is -0.466 e. The molecule has 0 spiro atoms. The van der Waals surface area contributed by atoms with E-state index in [-0.39, 0.29) is 25.9 Å². The van der Waals surface area contributed by atoms with Crippen molar-refractivity contribution in [2.45, 2.75) is 154 Å². The van der Waals surface area contributed by atoms with E-state index in [0.29, 0.717) is 0 Å². The Labute approximate surface area is 392 Å². The monoisotopic (exact) mass is 985 g/mol. The largest absolute Gasteiger partial charge is 0.466 e. The Morgan fingerprint density at radius 1 is 0.382 bits per heavy atom. The van der Waals surface area contributed by atoms with Gasteiger partial charge in [0.05, 0.1) is 115 Å². The first-order chi connectivity index (χ1) is 32.0. The smallest absolute Gasteiger partial charge is 0.309 e. The van der Waals surface area contributed by atoms with Gasteiger partial charge in [-0.3, -0.25) is 43.2 Å². The summed E-state index contributed by atoms with van der Waals surface area (Å²) in [4.78, 5) is 122. The Kier molecular flexibility index (Phi) is 33.7. The lowest BCUT2D eigenvalue weighted by Gasteiger charge is -2.22. The molecule has 0 radical (unpaired) electrons. The Morgan fingerprint density at radius 3 is 1.10 bits per heavy atom. The molecule has 26 heteroatoms. The summed E-state index contributed by atoms with van der Waals surface area (Å²) in [6, 6.07) is -1.19. The Balaban J connectivity index is 5.62. The van der Waals surface area contributed by atoms with Crippen LogP contribution in [0.2, 0.25) is 0 Å². The maximum absolute atomic E-state index is 12.8. The second-order valence-electron chi connectivity index (χ2n) is 15.4. The molecule has 390 valence electrons. The number of hydrogen-bond acceptors (Lipinski definition) is 26. The molecule has 9 unspecified atom stereocenters. The highest BCUT2D eigenvalue weighted by atomic mass is 16.6. The third-order valence-corrected chi connectivity index (χ3v) is 8.00. The number of aliphatic hydroxyl groups excluding tert-OH is 4. The third kappa shape index (κ3) is 35.7. The topological polar surface area (TPSA) is 366 Å². The number of hydrogen-bond donors (Lipinski definition) is 4. The van der Waals surface area contributed by atoms with Crippen molar-refractivity contribution in [3.63, 3.8) is 0 Å². The second kappa shape index (κ2) is 36.6. The van der Waals surface area contributed by atoms with E-state index in [4.69, 9.17) is 52.1 Å². The van der Waals surface area contributed by atoms with Crippen molar-refractivity contribution in [1.29, 1.82) is 0 Å². The Bertz CT molecular complexity index is 1570. The zero-order valence-corrected chi connectivity index (χ0v) is 39.2. The van der Waals surface area contributed by atoms with Gasteiger partial charge in [0.15, 0.2) is 18.3 Å². The molecule has 4 N–H and O–H groups in total. The maximum Gasteiger partial charge on any atom is 0.309 e. The molecule has 0 aliphatic carbocycles. The van der Waals surface area contributed by atoms with Crippen LogP contribution in [-0.4, -0.2) is 188 Å². The van der Waals surface area contributed by atoms with Crippen LogP contribution in [0.3, 0.4) is 0 Å². The highest BCUT2D eigenvalue weighted by molar-refractivity contribution is 5.79. The van der Waals surface area contributed by atoms with Crippen LogP contribution in [0.15, 0.2) is 5.18 Å². The number of nitroso groups, excluding NO2 is 1. The highest BCUT2D eigenvalue weighted by Gasteiger charge is 2.25. The van der Waals surface area contributed by atoms with E-state index >= 15 is 0 Å². The fourth-order valence-corrected chi connectivity index (χ4v) is 5.00. The van der Waals surface area contributed by atoms with E-state index in [2.05, 4.69) is 5.18 Å². The fraction of sp³-hybridized carbons (Fsp3) is 0.786. The van der Waals surface area contributed by atoms with Crippen molar-refractivity contribution in [3.05, 3.63) is 4.91 Å². The molecular weight excluding hydrogens is 918 g/mol. The molecule has 0 fully saturated rings. The van der Waals surface area contributed by atoms with E-state index in [1.165, 1.54) is 34.6 Å². The first-order valence-corrected chi connectivity index (χ1v) is 21.8. The van der Waals surface area contributed by atoms with Gasteiger partial charge in [0.25, 0.3) is 0 Å². The van der Waals surface area contributed by atoms with Crippen LogP contribution in [-0.2, 0) is 95.3 Å². The van der Waals surface area contributed by atoms with Crippen LogP contribution in [0.4, 0.5) is 0 Å². The third-order valence-electron chi connectivity index (χ3n) is 8.00. The number of rotatable bonds is 38. The normalized spacial score (nSPS) is 15.0. The molecule has 0 rings (SSSR count). The minimum atomic E-state index is -1.38. The molecule has 68 heavy (non-hydrogen) atoms. The van der Waals surface area contributed by atoms with Gasteiger partial charge in [0.1, 0.15) is 38.6 Å². The molecule has 0 saturated heterocycles. The van der Waals surface area contributed by atoms with Gasteiger partial charge in [-0.2, -0.15) is 4.91 Å². The van der Waals surface area contributed by atoms with Crippen LogP contribution in [0.25, 0.3) is 0 Å². The van der Waals surface area contributed by atoms with Crippen LogP contribution in [0.5, 0.6) is 0 Å². The predicted molar refractivity (Wildman–Crippen MR) is 225 cm³/mol. The molecule has 0 aliphatic heterocycles. The summed E-state index contributed by atoms with van der Waals surface area (Å²) in [5.74, 6) is -7.80. The molecule has 0 aromatic heterocycles. The quantitative estimate of drug-likeness (QED) is 0.0347. The van der Waals surface area contributed by atoms with Gasteiger partial charge >= 0.3 is 53.7 Å². The molecule has 9 atom stereocenters. The van der Waals surface area contributed by atoms with E-state index in [9.17, 15) is 68.5 Å². The van der Waals surface area contributed by atoms with Crippen LogP contribution in [0, 0.1) is 4.91 Å². The van der Waals surface area contributed by atoms with Crippen molar-refractivity contribution in [2.24, 2.45) is 5.18 Å². The van der Waals surface area contributed by atoms with Crippen LogP contribution in [0.1, 0.15) is 99.3 Å². The van der Waals surface area contributed by atoms with E-state index in [0.717, 1.165) is 0 Å². The summed E-state index contributed by atoms with van der Waals surface area (Å²) in [6.07, 6.45) is -12.9. The minimum absolute atomic E-state index is 0.122. The predicted octanol–water partition coefficient (Wildman–Crippen LogP) is -0.408. The number of esters is 9. The summed E-state index contributed by atoms with van der Waals surface area (Å²) in [7, 11) is 0. The summed E-state index contributed by atoms with van der Waals surface area (Å²) in [6.45, 7) is 4.34. The molecule has 0 aromatic rings. The standard InChI is InChI=1S/C42H67NO25/c1-7-60-40(54)16-29(6)65-36(50)10-11-37(51)66-31(20-59-21-33(68-42(56)15-28(5)47)24-64-39(53)13-26(3)45)22-62-34(48)8-9-35(49)63-23-32(67-41(55)14-27(4)46)19-58-17-30(43-57)18-61-38(52)12-25(2)44/h25-33,44-47H,7-24H2,1-6H3. The fourth-order valence-electron chi connectivity index (χ4n) is 5.00. The Hall–Kier alpha value is -5.41. The van der Waals surface area contributed by atoms with Gasteiger partial charge in [-0.1, -0.05) is 5.18 Å². The average Bonchev–Trinajstić information content (AvgIpc) is 3.22. The summed E-state index contributed by atoms with van der Waals surface area (Å²) in [5.41, 5.74) is 0. The highest BCUT2D eigenvalue weighted by Crippen LogP contribution is 2.10. The lowest BCUT2D eigenvalue weighted by atomic mass is 10.2. The zero-order valence-electron chi connectivity index (χ0n) is 39.2. The molecule has 0 saturated carbocycles. The summed E-state index contributed by atoms with van der Waals surface area (Å²) in [5, 5.41) is 40.6. The first kappa shape index (κ1) is 62.6. The van der Waals surface area contributed by atoms with Crippen molar-refractivity contribution >= 4 is 53.7 Å². The lowest BCUT2D eigenvalue weighted by Crippen LogP contribution is -2.34. The maximum atomic E-state index is 12.8. The van der Waals surface area contributed by atoms with Gasteiger partial charge < -0.3 is 72.5 Å². The van der Waals surface area contributed by atoms with Crippen molar-refractivity contribution in [1.82, 2.24) is 0 Å². The van der Waals surface area contributed by atoms with Gasteiger partial charge in [-0.15, -0.1) is 0 Å². The molecule has 0 amide bonds. The number of carbonyl (C=O) groups is 9. The number of carbonyl (C=O) groups excluding carboxylic acids is 9.